The highest BCUT2D eigenvalue weighted by molar-refractivity contribution is 5.41. The molecule has 1 aromatic rings. The van der Waals surface area contributed by atoms with Crippen molar-refractivity contribution in [2.75, 3.05) is 7.11 Å². The zero-order valence-electron chi connectivity index (χ0n) is 15.1. The van der Waals surface area contributed by atoms with Crippen molar-refractivity contribution in [3.05, 3.63) is 48.1 Å². The first kappa shape index (κ1) is 19.1. The zero-order valence-corrected chi connectivity index (χ0v) is 15.1. The SMILES string of the molecule is C=C(O/C(=C\C)Oc1ccc(CC)c(OC)c1)C(C)CCCC. The molecule has 0 aliphatic carbocycles. The zero-order chi connectivity index (χ0) is 17.2. The summed E-state index contributed by atoms with van der Waals surface area (Å²) in [5.74, 6) is 3.02. The smallest absolute Gasteiger partial charge is 0.285 e. The first-order chi connectivity index (χ1) is 11.0. The molecule has 3 heteroatoms. The number of benzene rings is 1. The van der Waals surface area contributed by atoms with Crippen LogP contribution in [0.1, 0.15) is 52.5 Å². The molecule has 128 valence electrons. The number of rotatable bonds is 10. The molecule has 0 heterocycles. The number of hydrogen-bond acceptors (Lipinski definition) is 3. The molecule has 0 aliphatic rings. The Morgan fingerprint density at radius 3 is 2.61 bits per heavy atom. The Bertz CT molecular complexity index is 532. The summed E-state index contributed by atoms with van der Waals surface area (Å²) in [6.07, 6.45) is 6.14. The van der Waals surface area contributed by atoms with Gasteiger partial charge in [0.1, 0.15) is 17.3 Å². The van der Waals surface area contributed by atoms with E-state index in [-0.39, 0.29) is 0 Å². The van der Waals surface area contributed by atoms with Crippen molar-refractivity contribution < 1.29 is 14.2 Å². The first-order valence-corrected chi connectivity index (χ1v) is 8.43. The van der Waals surface area contributed by atoms with E-state index in [0.29, 0.717) is 17.6 Å². The van der Waals surface area contributed by atoms with E-state index < -0.39 is 0 Å². The summed E-state index contributed by atoms with van der Waals surface area (Å²) >= 11 is 0. The van der Waals surface area contributed by atoms with Crippen LogP contribution in [0.5, 0.6) is 11.5 Å². The van der Waals surface area contributed by atoms with Crippen molar-refractivity contribution >= 4 is 0 Å². The topological polar surface area (TPSA) is 27.7 Å². The molecule has 0 spiro atoms. The summed E-state index contributed by atoms with van der Waals surface area (Å²) < 4.78 is 17.0. The Hall–Kier alpha value is -1.90. The fourth-order valence-electron chi connectivity index (χ4n) is 2.24. The lowest BCUT2D eigenvalue weighted by atomic mass is 10.0. The van der Waals surface area contributed by atoms with E-state index in [2.05, 4.69) is 27.4 Å². The largest absolute Gasteiger partial charge is 0.496 e. The van der Waals surface area contributed by atoms with E-state index in [1.807, 2.05) is 25.1 Å². The van der Waals surface area contributed by atoms with Crippen molar-refractivity contribution in [3.63, 3.8) is 0 Å². The van der Waals surface area contributed by atoms with Crippen LogP contribution in [0.2, 0.25) is 0 Å². The monoisotopic (exact) mass is 318 g/mol. The van der Waals surface area contributed by atoms with Crippen LogP contribution in [0.25, 0.3) is 0 Å². The number of allylic oxidation sites excluding steroid dienone is 2. The highest BCUT2D eigenvalue weighted by Gasteiger charge is 2.12. The highest BCUT2D eigenvalue weighted by Crippen LogP contribution is 2.27. The lowest BCUT2D eigenvalue weighted by Crippen LogP contribution is -2.07. The molecule has 1 rings (SSSR count). The van der Waals surface area contributed by atoms with Crippen molar-refractivity contribution in [3.8, 4) is 11.5 Å². The van der Waals surface area contributed by atoms with Gasteiger partial charge in [-0.05, 0) is 37.5 Å². The fraction of sp³-hybridized carbons (Fsp3) is 0.500. The Balaban J connectivity index is 2.72. The molecule has 3 nitrogen and oxygen atoms in total. The summed E-state index contributed by atoms with van der Waals surface area (Å²) in [5.41, 5.74) is 1.15. The van der Waals surface area contributed by atoms with E-state index >= 15 is 0 Å². The third kappa shape index (κ3) is 6.01. The minimum atomic E-state index is 0.311. The van der Waals surface area contributed by atoms with Crippen molar-refractivity contribution in [2.24, 2.45) is 5.92 Å². The summed E-state index contributed by atoms with van der Waals surface area (Å²) in [6, 6.07) is 5.83. The molecule has 0 saturated heterocycles. The van der Waals surface area contributed by atoms with Crippen molar-refractivity contribution in [1.29, 1.82) is 0 Å². The molecule has 0 N–H and O–H groups in total. The van der Waals surface area contributed by atoms with Gasteiger partial charge in [0.05, 0.1) is 7.11 Å². The molecule has 1 unspecified atom stereocenters. The van der Waals surface area contributed by atoms with E-state index in [9.17, 15) is 0 Å². The first-order valence-electron chi connectivity index (χ1n) is 8.43. The van der Waals surface area contributed by atoms with Crippen LogP contribution < -0.4 is 9.47 Å². The minimum Gasteiger partial charge on any atom is -0.496 e. The van der Waals surface area contributed by atoms with Gasteiger partial charge in [-0.1, -0.05) is 46.3 Å². The second kappa shape index (κ2) is 9.98. The molecule has 23 heavy (non-hydrogen) atoms. The van der Waals surface area contributed by atoms with Crippen LogP contribution in [-0.2, 0) is 11.2 Å². The Labute approximate surface area is 141 Å². The van der Waals surface area contributed by atoms with Gasteiger partial charge in [0, 0.05) is 12.0 Å². The molecule has 0 amide bonds. The third-order valence-electron chi connectivity index (χ3n) is 3.87. The molecule has 0 radical (unpaired) electrons. The van der Waals surface area contributed by atoms with Crippen LogP contribution >= 0.6 is 0 Å². The maximum absolute atomic E-state index is 5.83. The summed E-state index contributed by atoms with van der Waals surface area (Å²) in [7, 11) is 1.67. The van der Waals surface area contributed by atoms with Gasteiger partial charge in [0.15, 0.2) is 0 Å². The average molecular weight is 318 g/mol. The van der Waals surface area contributed by atoms with Crippen molar-refractivity contribution in [1.82, 2.24) is 0 Å². The van der Waals surface area contributed by atoms with Crippen LogP contribution in [0.15, 0.2) is 42.6 Å². The average Bonchev–Trinajstić information content (AvgIpc) is 2.58. The molecule has 0 saturated carbocycles. The van der Waals surface area contributed by atoms with Crippen LogP contribution in [0, 0.1) is 5.92 Å². The Kier molecular flexibility index (Phi) is 8.31. The number of ether oxygens (including phenoxy) is 3. The number of methoxy groups -OCH3 is 1. The van der Waals surface area contributed by atoms with E-state index in [1.54, 1.807) is 13.2 Å². The number of aryl methyl sites for hydroxylation is 1. The quantitative estimate of drug-likeness (QED) is 0.506. The lowest BCUT2D eigenvalue weighted by molar-refractivity contribution is 0.140. The van der Waals surface area contributed by atoms with Crippen molar-refractivity contribution in [2.45, 2.75) is 53.4 Å². The standard InChI is InChI=1S/C20H30O3/c1-7-10-11-15(4)16(5)22-20(9-3)23-18-13-12-17(8-2)19(14-18)21-6/h9,12-15H,5,7-8,10-11H2,1-4,6H3/b20-9+. The summed E-state index contributed by atoms with van der Waals surface area (Å²) in [4.78, 5) is 0. The van der Waals surface area contributed by atoms with E-state index in [4.69, 9.17) is 14.2 Å². The summed E-state index contributed by atoms with van der Waals surface area (Å²) in [6.45, 7) is 12.3. The Morgan fingerprint density at radius 1 is 1.30 bits per heavy atom. The van der Waals surface area contributed by atoms with Crippen LogP contribution in [-0.4, -0.2) is 7.11 Å². The summed E-state index contributed by atoms with van der Waals surface area (Å²) in [5, 5.41) is 0. The number of hydrogen-bond donors (Lipinski definition) is 0. The van der Waals surface area contributed by atoms with Crippen LogP contribution in [0.4, 0.5) is 0 Å². The van der Waals surface area contributed by atoms with Gasteiger partial charge in [0.25, 0.3) is 5.95 Å². The maximum Gasteiger partial charge on any atom is 0.285 e. The van der Waals surface area contributed by atoms with Crippen LogP contribution in [0.3, 0.4) is 0 Å². The van der Waals surface area contributed by atoms with Gasteiger partial charge < -0.3 is 14.2 Å². The minimum absolute atomic E-state index is 0.311. The van der Waals surface area contributed by atoms with Gasteiger partial charge in [-0.25, -0.2) is 0 Å². The third-order valence-corrected chi connectivity index (χ3v) is 3.87. The molecule has 1 aromatic carbocycles. The fourth-order valence-corrected chi connectivity index (χ4v) is 2.24. The van der Waals surface area contributed by atoms with Gasteiger partial charge in [-0.3, -0.25) is 0 Å². The molecular formula is C20H30O3. The molecule has 0 aromatic heterocycles. The molecule has 0 fully saturated rings. The lowest BCUT2D eigenvalue weighted by Gasteiger charge is -2.18. The molecular weight excluding hydrogens is 288 g/mol. The molecule has 0 bridgehead atoms. The predicted octanol–water partition coefficient (Wildman–Crippen LogP) is 5.85. The predicted molar refractivity (Wildman–Crippen MR) is 95.7 cm³/mol. The van der Waals surface area contributed by atoms with Gasteiger partial charge in [-0.2, -0.15) is 0 Å². The maximum atomic E-state index is 5.83. The van der Waals surface area contributed by atoms with E-state index in [1.165, 1.54) is 12.8 Å². The second-order valence-corrected chi connectivity index (χ2v) is 5.65. The highest BCUT2D eigenvalue weighted by atomic mass is 16.7. The van der Waals surface area contributed by atoms with Gasteiger partial charge >= 0.3 is 0 Å². The molecule has 0 aliphatic heterocycles. The van der Waals surface area contributed by atoms with Gasteiger partial charge in [0.2, 0.25) is 0 Å². The second-order valence-electron chi connectivity index (χ2n) is 5.65. The van der Waals surface area contributed by atoms with E-state index in [0.717, 1.165) is 29.9 Å². The van der Waals surface area contributed by atoms with Gasteiger partial charge in [-0.15, -0.1) is 0 Å². The molecule has 1 atom stereocenters. The normalized spacial score (nSPS) is 12.7. The Morgan fingerprint density at radius 2 is 2.04 bits per heavy atom. The number of unbranched alkanes of at least 4 members (excludes halogenated alkanes) is 1.